The zero-order chi connectivity index (χ0) is 38.1. The molecule has 0 saturated carbocycles. The number of carbonyl (C=O) groups is 3. The monoisotopic (exact) mass is 888 g/mol. The number of amides is 3. The van der Waals surface area contributed by atoms with E-state index in [1.54, 1.807) is 18.2 Å². The van der Waals surface area contributed by atoms with E-state index in [1.807, 2.05) is 18.4 Å². The molecule has 2 fully saturated rings. The van der Waals surface area contributed by atoms with Gasteiger partial charge in [0.25, 0.3) is 5.91 Å². The molecule has 2 saturated heterocycles. The second-order valence-electron chi connectivity index (χ2n) is 15.2. The molecule has 58 heavy (non-hydrogen) atoms. The number of hydrazine groups is 1. The van der Waals surface area contributed by atoms with Crippen molar-refractivity contribution in [3.05, 3.63) is 58.2 Å². The Morgan fingerprint density at radius 3 is 2.64 bits per heavy atom. The first-order valence-corrected chi connectivity index (χ1v) is 19.7. The summed E-state index contributed by atoms with van der Waals surface area (Å²) in [7, 11) is 1.69. The van der Waals surface area contributed by atoms with Crippen molar-refractivity contribution in [1.82, 2.24) is 35.2 Å². The number of carbonyl (C=O) groups excluding carboxylic acids is 3. The maximum Gasteiger partial charge on any atom is 0.324 e. The summed E-state index contributed by atoms with van der Waals surface area (Å²) >= 11 is 1.44. The predicted molar refractivity (Wildman–Crippen MR) is 247 cm³/mol. The number of thiazole rings is 1. The molecule has 3 aliphatic heterocycles. The van der Waals surface area contributed by atoms with Gasteiger partial charge in [0.05, 0.1) is 47.3 Å². The van der Waals surface area contributed by atoms with Gasteiger partial charge in [-0.15, -0.1) is 11.3 Å². The number of benzene rings is 1. The van der Waals surface area contributed by atoms with E-state index in [-0.39, 0.29) is 97.5 Å². The number of nitrogens with zero attached hydrogens (tertiary/aromatic N) is 6. The number of cyclic esters (lactones) is 1. The number of ether oxygens (including phenoxy) is 2. The minimum Gasteiger partial charge on any atom is -0.464 e. The molecule has 2 N–H and O–H groups in total. The highest BCUT2D eigenvalue weighted by atomic mass is 32.1. The molecule has 3 aliphatic rings. The lowest BCUT2D eigenvalue weighted by molar-refractivity contribution is -0.155. The lowest BCUT2D eigenvalue weighted by atomic mass is 9.84. The molecule has 0 radical (unpaired) electrons. The molecule has 3 amide bonds. The van der Waals surface area contributed by atoms with E-state index >= 15 is 0 Å². The smallest absolute Gasteiger partial charge is 0.324 e. The van der Waals surface area contributed by atoms with Crippen molar-refractivity contribution in [3.63, 3.8) is 0 Å². The Hall–Kier alpha value is -3.44. The first kappa shape index (κ1) is 48.9. The topological polar surface area (TPSA) is 155 Å². The van der Waals surface area contributed by atoms with Gasteiger partial charge in [-0.3, -0.25) is 19.6 Å². The van der Waals surface area contributed by atoms with Crippen LogP contribution in [0.5, 0.6) is 0 Å². The standard InChI is InChI=1S/C40H48N8O5S.4H2S/c1-6-46-33-12-11-25-19-28(33)29(36(46)27-9-7-16-42-35(27)24(2)52-5)21-40(3,4)23-53-38(50)30-10-8-17-48(45-30)37(49)31(20-34-43-32(25)22-54-34)44-39(51)47-18-14-26(47)13-15-41;;;;/h7,9,11-12,16,19,22,24,26,30-31,45H,6,8,10,13-14,17-18,20-21,23H2,1-5H3,(H,44,51);4*1H2/t24-,26+,30-,31-;;;;/m0..../s1. The third kappa shape index (κ3) is 9.94. The predicted octanol–water partition coefficient (Wildman–Crippen LogP) is 6.24. The minimum atomic E-state index is -0.946. The van der Waals surface area contributed by atoms with Crippen LogP contribution in [0.4, 0.5) is 4.79 Å². The zero-order valence-corrected chi connectivity index (χ0v) is 38.4. The number of methoxy groups -OCH3 is 1. The van der Waals surface area contributed by atoms with Crippen LogP contribution in [0.3, 0.4) is 0 Å². The number of likely N-dealkylation sites (tertiary alicyclic amines) is 1. The van der Waals surface area contributed by atoms with Gasteiger partial charge in [0, 0.05) is 78.2 Å². The molecule has 0 aliphatic carbocycles. The highest BCUT2D eigenvalue weighted by molar-refractivity contribution is 7.59. The van der Waals surface area contributed by atoms with Crippen LogP contribution in [0, 0.1) is 16.7 Å². The van der Waals surface area contributed by atoms with Crippen LogP contribution in [0.1, 0.15) is 75.7 Å². The molecule has 18 heteroatoms. The van der Waals surface area contributed by atoms with Gasteiger partial charge in [-0.2, -0.15) is 59.2 Å². The number of aryl methyl sites for hydroxylation is 1. The molecule has 0 unspecified atom stereocenters. The van der Waals surface area contributed by atoms with Gasteiger partial charge in [0.2, 0.25) is 0 Å². The van der Waals surface area contributed by atoms with Crippen LogP contribution in [-0.4, -0.2) is 87.3 Å². The van der Waals surface area contributed by atoms with E-state index in [0.717, 1.165) is 57.6 Å². The fourth-order valence-electron chi connectivity index (χ4n) is 7.82. The minimum absolute atomic E-state index is 0. The molecule has 4 aromatic rings. The Balaban J connectivity index is 0.00000225. The average molecular weight is 889 g/mol. The third-order valence-electron chi connectivity index (χ3n) is 10.9. The van der Waals surface area contributed by atoms with Gasteiger partial charge in [-0.05, 0) is 69.4 Å². The molecule has 3 aromatic heterocycles. The highest BCUT2D eigenvalue weighted by Crippen LogP contribution is 2.42. The lowest BCUT2D eigenvalue weighted by Crippen LogP contribution is -2.63. The molecule has 6 bridgehead atoms. The first-order chi connectivity index (χ1) is 26.0. The molecule has 4 atom stereocenters. The second kappa shape index (κ2) is 20.7. The molecule has 13 nitrogen and oxygen atoms in total. The lowest BCUT2D eigenvalue weighted by Gasteiger charge is -2.41. The van der Waals surface area contributed by atoms with Gasteiger partial charge < -0.3 is 24.3 Å². The number of esters is 1. The van der Waals surface area contributed by atoms with Crippen LogP contribution >= 0.6 is 65.3 Å². The Bertz CT molecular complexity index is 2120. The Kier molecular flexibility index (Phi) is 17.5. The fourth-order valence-corrected chi connectivity index (χ4v) is 8.67. The van der Waals surface area contributed by atoms with Crippen LogP contribution in [0.2, 0.25) is 0 Å². The van der Waals surface area contributed by atoms with Crippen LogP contribution in [0.25, 0.3) is 33.4 Å². The van der Waals surface area contributed by atoms with Crippen LogP contribution < -0.4 is 10.7 Å². The molecule has 6 heterocycles. The van der Waals surface area contributed by atoms with Gasteiger partial charge >= 0.3 is 12.0 Å². The number of urea groups is 1. The van der Waals surface area contributed by atoms with Gasteiger partial charge in [-0.25, -0.2) is 15.2 Å². The third-order valence-corrected chi connectivity index (χ3v) is 11.7. The molecular weight excluding hydrogens is 833 g/mol. The summed E-state index contributed by atoms with van der Waals surface area (Å²) in [5.74, 6) is -0.776. The van der Waals surface area contributed by atoms with Crippen molar-refractivity contribution in [2.45, 2.75) is 97.0 Å². The Morgan fingerprint density at radius 1 is 1.17 bits per heavy atom. The summed E-state index contributed by atoms with van der Waals surface area (Å²) in [5.41, 5.74) is 9.46. The van der Waals surface area contributed by atoms with E-state index in [0.29, 0.717) is 37.4 Å². The van der Waals surface area contributed by atoms with E-state index < -0.39 is 23.5 Å². The average Bonchev–Trinajstić information content (AvgIpc) is 3.76. The fraction of sp³-hybridized carbons (Fsp3) is 0.500. The number of aromatic nitrogens is 3. The number of fused-ring (bicyclic) bond motifs is 6. The van der Waals surface area contributed by atoms with Crippen molar-refractivity contribution >= 4 is 94.1 Å². The van der Waals surface area contributed by atoms with Crippen molar-refractivity contribution in [2.75, 3.05) is 26.8 Å². The number of hydrogen-bond acceptors (Lipinski definition) is 10. The molecule has 7 rings (SSSR count). The Morgan fingerprint density at radius 2 is 1.95 bits per heavy atom. The zero-order valence-electron chi connectivity index (χ0n) is 33.6. The van der Waals surface area contributed by atoms with Crippen LogP contribution in [0.15, 0.2) is 41.9 Å². The van der Waals surface area contributed by atoms with Gasteiger partial charge in [-0.1, -0.05) is 19.9 Å². The van der Waals surface area contributed by atoms with Crippen molar-refractivity contribution in [1.29, 1.82) is 5.26 Å². The summed E-state index contributed by atoms with van der Waals surface area (Å²) in [5, 5.41) is 17.4. The van der Waals surface area contributed by atoms with E-state index in [2.05, 4.69) is 66.4 Å². The highest BCUT2D eigenvalue weighted by Gasteiger charge is 2.38. The maximum atomic E-state index is 14.1. The van der Waals surface area contributed by atoms with Crippen LogP contribution in [-0.2, 0) is 38.4 Å². The van der Waals surface area contributed by atoms with Gasteiger partial charge in [0.1, 0.15) is 12.1 Å². The van der Waals surface area contributed by atoms with Gasteiger partial charge in [0.15, 0.2) is 0 Å². The summed E-state index contributed by atoms with van der Waals surface area (Å²) in [6, 6.07) is 10.4. The number of pyridine rings is 1. The molecule has 316 valence electrons. The van der Waals surface area contributed by atoms with E-state index in [1.165, 1.54) is 16.3 Å². The molecular formula is C40H56N8O5S5. The number of nitriles is 1. The summed E-state index contributed by atoms with van der Waals surface area (Å²) < 4.78 is 14.1. The van der Waals surface area contributed by atoms with Crippen molar-refractivity contribution < 1.29 is 23.9 Å². The number of nitrogens with one attached hydrogen (secondary N) is 2. The second-order valence-corrected chi connectivity index (χ2v) is 16.2. The summed E-state index contributed by atoms with van der Waals surface area (Å²) in [6.07, 6.45) is 4.42. The summed E-state index contributed by atoms with van der Waals surface area (Å²) in [6.45, 7) is 10.1. The largest absolute Gasteiger partial charge is 0.464 e. The number of hydrogen-bond donors (Lipinski definition) is 2. The quantitative estimate of drug-likeness (QED) is 0.215. The molecule has 1 aromatic carbocycles. The van der Waals surface area contributed by atoms with Crippen molar-refractivity contribution in [2.24, 2.45) is 5.41 Å². The molecule has 0 spiro atoms. The summed E-state index contributed by atoms with van der Waals surface area (Å²) in [4.78, 5) is 52.6. The maximum absolute atomic E-state index is 14.1. The van der Waals surface area contributed by atoms with Crippen molar-refractivity contribution in [3.8, 4) is 28.6 Å². The SMILES string of the molecule is CCn1c(-c2cccnc2[C@H](C)OC)c2c3cc(ccc31)-c1csc(n1)C[C@H](NC(=O)N1CC[C@H]1CC#N)C(=O)N1CCC[C@H](N1)C(=O)OCC(C)(C)C2.S.S.S.S. The number of rotatable bonds is 6. The van der Waals surface area contributed by atoms with E-state index in [9.17, 15) is 19.6 Å². The van der Waals surface area contributed by atoms with E-state index in [4.69, 9.17) is 19.4 Å². The first-order valence-electron chi connectivity index (χ1n) is 18.8. The normalized spacial score (nSPS) is 20.7. The Labute approximate surface area is 372 Å².